The van der Waals surface area contributed by atoms with E-state index in [2.05, 4.69) is 41.3 Å². The van der Waals surface area contributed by atoms with Crippen molar-refractivity contribution < 1.29 is 0 Å². The number of aryl methyl sites for hydroxylation is 2. The molecule has 1 aromatic rings. The standard InChI is InChI=1S/C18H33N5S/c1-4-19-18(21-14-17-15(2)22-16(3)24-17)20-10-9-13-23-11-7-5-6-8-12-23/h4-14H2,1-3H3,(H2,19,20,21). The van der Waals surface area contributed by atoms with Gasteiger partial charge in [0.15, 0.2) is 5.96 Å². The van der Waals surface area contributed by atoms with Crippen LogP contribution in [0.15, 0.2) is 4.99 Å². The van der Waals surface area contributed by atoms with E-state index in [-0.39, 0.29) is 0 Å². The molecule has 0 atom stereocenters. The van der Waals surface area contributed by atoms with Crippen LogP contribution in [0.3, 0.4) is 0 Å². The molecule has 2 rings (SSSR count). The predicted octanol–water partition coefficient (Wildman–Crippen LogP) is 3.08. The topological polar surface area (TPSA) is 52.6 Å². The normalized spacial score (nSPS) is 16.9. The Morgan fingerprint density at radius 3 is 2.54 bits per heavy atom. The van der Waals surface area contributed by atoms with Crippen LogP contribution in [0.25, 0.3) is 0 Å². The SMILES string of the molecule is CCNC(=NCc1sc(C)nc1C)NCCCN1CCCCCC1. The lowest BCUT2D eigenvalue weighted by atomic mass is 10.2. The van der Waals surface area contributed by atoms with Crippen LogP contribution in [-0.2, 0) is 6.54 Å². The number of hydrogen-bond donors (Lipinski definition) is 2. The molecule has 0 aromatic carbocycles. The highest BCUT2D eigenvalue weighted by Gasteiger charge is 2.08. The van der Waals surface area contributed by atoms with Crippen molar-refractivity contribution in [1.29, 1.82) is 0 Å². The molecule has 24 heavy (non-hydrogen) atoms. The summed E-state index contributed by atoms with van der Waals surface area (Å²) < 4.78 is 0. The van der Waals surface area contributed by atoms with Crippen LogP contribution in [0.1, 0.15) is 54.6 Å². The van der Waals surface area contributed by atoms with Gasteiger partial charge < -0.3 is 15.5 Å². The first-order valence-corrected chi connectivity index (χ1v) is 10.2. The Labute approximate surface area is 151 Å². The minimum Gasteiger partial charge on any atom is -0.357 e. The highest BCUT2D eigenvalue weighted by atomic mass is 32.1. The first kappa shape index (κ1) is 19.2. The average molecular weight is 352 g/mol. The van der Waals surface area contributed by atoms with Crippen molar-refractivity contribution in [2.75, 3.05) is 32.7 Å². The summed E-state index contributed by atoms with van der Waals surface area (Å²) in [4.78, 5) is 13.1. The van der Waals surface area contributed by atoms with Gasteiger partial charge in [-0.1, -0.05) is 12.8 Å². The van der Waals surface area contributed by atoms with Gasteiger partial charge in [-0.05, 0) is 59.7 Å². The lowest BCUT2D eigenvalue weighted by Gasteiger charge is -2.20. The van der Waals surface area contributed by atoms with E-state index in [0.29, 0.717) is 6.54 Å². The molecule has 6 heteroatoms. The molecule has 1 aliphatic heterocycles. The van der Waals surface area contributed by atoms with E-state index in [4.69, 9.17) is 4.99 Å². The van der Waals surface area contributed by atoms with Crippen LogP contribution in [0.5, 0.6) is 0 Å². The van der Waals surface area contributed by atoms with Gasteiger partial charge in [0.05, 0.1) is 17.2 Å². The monoisotopic (exact) mass is 351 g/mol. The van der Waals surface area contributed by atoms with Crippen LogP contribution < -0.4 is 10.6 Å². The third-order valence-corrected chi connectivity index (χ3v) is 5.42. The first-order chi connectivity index (χ1) is 11.7. The van der Waals surface area contributed by atoms with Crippen molar-refractivity contribution in [3.63, 3.8) is 0 Å². The Balaban J connectivity index is 1.73. The molecule has 0 unspecified atom stereocenters. The molecule has 0 aliphatic carbocycles. The Bertz CT molecular complexity index is 504. The Morgan fingerprint density at radius 2 is 1.92 bits per heavy atom. The molecule has 2 heterocycles. The number of aliphatic imine (C=N–C) groups is 1. The van der Waals surface area contributed by atoms with E-state index in [9.17, 15) is 0 Å². The zero-order valence-corrected chi connectivity index (χ0v) is 16.3. The summed E-state index contributed by atoms with van der Waals surface area (Å²) in [6, 6.07) is 0. The van der Waals surface area contributed by atoms with E-state index in [1.807, 2.05) is 0 Å². The first-order valence-electron chi connectivity index (χ1n) is 9.36. The molecular weight excluding hydrogens is 318 g/mol. The summed E-state index contributed by atoms with van der Waals surface area (Å²) in [5, 5.41) is 7.92. The van der Waals surface area contributed by atoms with Crippen molar-refractivity contribution in [1.82, 2.24) is 20.5 Å². The zero-order valence-electron chi connectivity index (χ0n) is 15.5. The number of likely N-dealkylation sites (tertiary alicyclic amines) is 1. The molecule has 0 saturated carbocycles. The predicted molar refractivity (Wildman–Crippen MR) is 104 cm³/mol. The summed E-state index contributed by atoms with van der Waals surface area (Å²) in [6.07, 6.45) is 6.71. The van der Waals surface area contributed by atoms with E-state index in [0.717, 1.165) is 29.8 Å². The molecule has 5 nitrogen and oxygen atoms in total. The highest BCUT2D eigenvalue weighted by Crippen LogP contribution is 2.17. The number of nitrogens with one attached hydrogen (secondary N) is 2. The van der Waals surface area contributed by atoms with Crippen molar-refractivity contribution in [3.8, 4) is 0 Å². The summed E-state index contributed by atoms with van der Waals surface area (Å²) in [7, 11) is 0. The minimum absolute atomic E-state index is 0.707. The number of rotatable bonds is 7. The lowest BCUT2D eigenvalue weighted by Crippen LogP contribution is -2.38. The number of aromatic nitrogens is 1. The average Bonchev–Trinajstić information content (AvgIpc) is 2.76. The van der Waals surface area contributed by atoms with Gasteiger partial charge in [0, 0.05) is 18.0 Å². The molecule has 2 N–H and O–H groups in total. The second kappa shape index (κ2) is 10.7. The minimum atomic E-state index is 0.707. The third kappa shape index (κ3) is 6.77. The van der Waals surface area contributed by atoms with Crippen molar-refractivity contribution in [2.24, 2.45) is 4.99 Å². The molecule has 136 valence electrons. The molecule has 1 fully saturated rings. The number of hydrogen-bond acceptors (Lipinski definition) is 4. The zero-order chi connectivity index (χ0) is 17.2. The second-order valence-electron chi connectivity index (χ2n) is 6.47. The fourth-order valence-corrected chi connectivity index (χ4v) is 3.94. The van der Waals surface area contributed by atoms with Gasteiger partial charge in [0.25, 0.3) is 0 Å². The summed E-state index contributed by atoms with van der Waals surface area (Å²) in [6.45, 7) is 12.5. The van der Waals surface area contributed by atoms with E-state index >= 15 is 0 Å². The third-order valence-electron chi connectivity index (χ3n) is 4.37. The van der Waals surface area contributed by atoms with Crippen LogP contribution in [0.4, 0.5) is 0 Å². The van der Waals surface area contributed by atoms with Crippen LogP contribution in [0, 0.1) is 13.8 Å². The molecule has 0 amide bonds. The van der Waals surface area contributed by atoms with Gasteiger partial charge in [-0.2, -0.15) is 0 Å². The number of thiazole rings is 1. The molecular formula is C18H33N5S. The van der Waals surface area contributed by atoms with Crippen LogP contribution in [-0.4, -0.2) is 48.6 Å². The Morgan fingerprint density at radius 1 is 1.17 bits per heavy atom. The number of guanidine groups is 1. The summed E-state index contributed by atoms with van der Waals surface area (Å²) in [5.74, 6) is 0.916. The van der Waals surface area contributed by atoms with E-state index < -0.39 is 0 Å². The Kier molecular flexibility index (Phi) is 8.53. The van der Waals surface area contributed by atoms with Gasteiger partial charge in [0.2, 0.25) is 0 Å². The largest absolute Gasteiger partial charge is 0.357 e. The van der Waals surface area contributed by atoms with Gasteiger partial charge >= 0.3 is 0 Å². The maximum absolute atomic E-state index is 4.71. The van der Waals surface area contributed by atoms with Gasteiger partial charge in [0.1, 0.15) is 0 Å². The molecule has 0 bridgehead atoms. The molecule has 1 aliphatic rings. The smallest absolute Gasteiger partial charge is 0.191 e. The molecule has 1 aromatic heterocycles. The van der Waals surface area contributed by atoms with Crippen LogP contribution >= 0.6 is 11.3 Å². The second-order valence-corrected chi connectivity index (χ2v) is 7.76. The highest BCUT2D eigenvalue weighted by molar-refractivity contribution is 7.11. The maximum atomic E-state index is 4.71. The van der Waals surface area contributed by atoms with Gasteiger partial charge in [-0.15, -0.1) is 11.3 Å². The fourth-order valence-electron chi connectivity index (χ4n) is 3.08. The molecule has 1 saturated heterocycles. The van der Waals surface area contributed by atoms with Crippen molar-refractivity contribution in [2.45, 2.75) is 59.4 Å². The quantitative estimate of drug-likeness (QED) is 0.450. The van der Waals surface area contributed by atoms with Crippen molar-refractivity contribution >= 4 is 17.3 Å². The maximum Gasteiger partial charge on any atom is 0.191 e. The fraction of sp³-hybridized carbons (Fsp3) is 0.778. The van der Waals surface area contributed by atoms with Crippen LogP contribution in [0.2, 0.25) is 0 Å². The van der Waals surface area contributed by atoms with E-state index in [1.165, 1.54) is 56.6 Å². The van der Waals surface area contributed by atoms with Gasteiger partial charge in [-0.25, -0.2) is 9.98 Å². The van der Waals surface area contributed by atoms with Gasteiger partial charge in [-0.3, -0.25) is 0 Å². The lowest BCUT2D eigenvalue weighted by molar-refractivity contribution is 0.282. The Hall–Kier alpha value is -1.14. The summed E-state index contributed by atoms with van der Waals surface area (Å²) >= 11 is 1.74. The molecule has 0 spiro atoms. The molecule has 0 radical (unpaired) electrons. The number of nitrogens with zero attached hydrogens (tertiary/aromatic N) is 3. The van der Waals surface area contributed by atoms with Crippen molar-refractivity contribution in [3.05, 3.63) is 15.6 Å². The van der Waals surface area contributed by atoms with E-state index in [1.54, 1.807) is 11.3 Å². The summed E-state index contributed by atoms with van der Waals surface area (Å²) in [5.41, 5.74) is 1.11.